The minimum atomic E-state index is -0.809. The quantitative estimate of drug-likeness (QED) is 0.210. The van der Waals surface area contributed by atoms with Gasteiger partial charge in [0.05, 0.1) is 28.5 Å². The zero-order valence-corrected chi connectivity index (χ0v) is 26.3. The number of hydrogen-bond acceptors (Lipinski definition) is 7. The highest BCUT2D eigenvalue weighted by molar-refractivity contribution is 7.07. The average Bonchev–Trinajstić information content (AvgIpc) is 3.80. The van der Waals surface area contributed by atoms with Crippen LogP contribution in [0.3, 0.4) is 0 Å². The molecule has 9 heteroatoms. The van der Waals surface area contributed by atoms with Crippen LogP contribution in [0.4, 0.5) is 0 Å². The van der Waals surface area contributed by atoms with Gasteiger partial charge in [0.1, 0.15) is 0 Å². The third-order valence-corrected chi connectivity index (χ3v) is 9.37. The van der Waals surface area contributed by atoms with Crippen molar-refractivity contribution < 1.29 is 19.0 Å². The van der Waals surface area contributed by atoms with Crippen molar-refractivity contribution in [2.75, 3.05) is 13.4 Å². The third-order valence-electron chi connectivity index (χ3n) is 8.39. The molecular formula is C38H29N3O5S. The van der Waals surface area contributed by atoms with Gasteiger partial charge in [0.25, 0.3) is 5.56 Å². The van der Waals surface area contributed by atoms with E-state index in [0.717, 1.165) is 22.0 Å². The number of aromatic nitrogens is 2. The van der Waals surface area contributed by atoms with Crippen molar-refractivity contribution in [1.82, 2.24) is 9.13 Å². The first-order chi connectivity index (χ1) is 23.1. The van der Waals surface area contributed by atoms with Crippen LogP contribution in [0.5, 0.6) is 11.5 Å². The molecule has 8 nitrogen and oxygen atoms in total. The van der Waals surface area contributed by atoms with E-state index in [1.54, 1.807) is 17.6 Å². The molecule has 0 unspecified atom stereocenters. The lowest BCUT2D eigenvalue weighted by atomic mass is 9.93. The van der Waals surface area contributed by atoms with E-state index in [2.05, 4.69) is 35.0 Å². The van der Waals surface area contributed by atoms with E-state index >= 15 is 0 Å². The lowest BCUT2D eigenvalue weighted by molar-refractivity contribution is -0.138. The largest absolute Gasteiger partial charge is 0.463 e. The SMILES string of the molecule is CCOC(=O)C1=C(c2ccccc2)N=c2s/c(=C\c3cn(Cc4ccccc4)c4ccccc34)c(=O)n2[C@H]1c1ccc2c(c1)OCO2. The van der Waals surface area contributed by atoms with Crippen molar-refractivity contribution in [2.24, 2.45) is 4.99 Å². The van der Waals surface area contributed by atoms with Crippen LogP contribution >= 0.6 is 11.3 Å². The van der Waals surface area contributed by atoms with Crippen LogP contribution < -0.4 is 24.4 Å². The summed E-state index contributed by atoms with van der Waals surface area (Å²) >= 11 is 1.30. The summed E-state index contributed by atoms with van der Waals surface area (Å²) in [7, 11) is 0. The van der Waals surface area contributed by atoms with Crippen molar-refractivity contribution in [2.45, 2.75) is 19.5 Å². The fourth-order valence-electron chi connectivity index (χ4n) is 6.28. The molecule has 47 heavy (non-hydrogen) atoms. The van der Waals surface area contributed by atoms with Gasteiger partial charge < -0.3 is 18.8 Å². The number of hydrogen-bond donors (Lipinski definition) is 0. The molecule has 0 bridgehead atoms. The molecule has 0 N–H and O–H groups in total. The molecule has 2 aromatic heterocycles. The average molecular weight is 640 g/mol. The van der Waals surface area contributed by atoms with Gasteiger partial charge in [0.15, 0.2) is 16.3 Å². The Morgan fingerprint density at radius 3 is 2.51 bits per heavy atom. The van der Waals surface area contributed by atoms with Crippen molar-refractivity contribution >= 4 is 40.0 Å². The second-order valence-electron chi connectivity index (χ2n) is 11.3. The van der Waals surface area contributed by atoms with E-state index in [-0.39, 0.29) is 24.5 Å². The number of benzene rings is 4. The summed E-state index contributed by atoms with van der Waals surface area (Å²) in [5, 5.41) is 1.04. The molecule has 0 amide bonds. The van der Waals surface area contributed by atoms with Crippen molar-refractivity contribution in [1.29, 1.82) is 0 Å². The van der Waals surface area contributed by atoms with Crippen LogP contribution in [0.1, 0.15) is 35.2 Å². The van der Waals surface area contributed by atoms with Gasteiger partial charge in [0.2, 0.25) is 6.79 Å². The van der Waals surface area contributed by atoms with Crippen LogP contribution in [0.2, 0.25) is 0 Å². The molecule has 8 rings (SSSR count). The lowest BCUT2D eigenvalue weighted by Gasteiger charge is -2.26. The maximum atomic E-state index is 14.5. The molecule has 0 saturated carbocycles. The van der Waals surface area contributed by atoms with Gasteiger partial charge in [-0.05, 0) is 42.3 Å². The van der Waals surface area contributed by atoms with Crippen LogP contribution in [-0.4, -0.2) is 28.5 Å². The molecule has 1 atom stereocenters. The number of rotatable bonds is 7. The van der Waals surface area contributed by atoms with E-state index in [1.807, 2.05) is 78.9 Å². The van der Waals surface area contributed by atoms with E-state index in [9.17, 15) is 9.59 Å². The number of nitrogens with zero attached hydrogens (tertiary/aromatic N) is 3. The first-order valence-corrected chi connectivity index (χ1v) is 16.2. The molecule has 2 aliphatic rings. The van der Waals surface area contributed by atoms with Crippen LogP contribution in [0.25, 0.3) is 22.7 Å². The second-order valence-corrected chi connectivity index (χ2v) is 12.3. The first-order valence-electron chi connectivity index (χ1n) is 15.4. The maximum absolute atomic E-state index is 14.5. The molecular weight excluding hydrogens is 611 g/mol. The third kappa shape index (κ3) is 5.14. The van der Waals surface area contributed by atoms with Crippen molar-refractivity contribution in [3.8, 4) is 11.5 Å². The number of carbonyl (C=O) groups is 1. The summed E-state index contributed by atoms with van der Waals surface area (Å²) in [6, 6.07) is 32.7. The van der Waals surface area contributed by atoms with E-state index in [0.29, 0.717) is 38.6 Å². The van der Waals surface area contributed by atoms with Crippen LogP contribution in [0.15, 0.2) is 125 Å². The van der Waals surface area contributed by atoms with Gasteiger partial charge in [-0.3, -0.25) is 9.36 Å². The fraction of sp³-hybridized carbons (Fsp3) is 0.132. The molecule has 232 valence electrons. The van der Waals surface area contributed by atoms with Gasteiger partial charge in [-0.1, -0.05) is 96.3 Å². The zero-order valence-electron chi connectivity index (χ0n) is 25.5. The molecule has 0 fully saturated rings. The molecule has 6 aromatic rings. The summed E-state index contributed by atoms with van der Waals surface area (Å²) < 4.78 is 21.2. The van der Waals surface area contributed by atoms with E-state index in [4.69, 9.17) is 19.2 Å². The molecule has 4 heterocycles. The minimum absolute atomic E-state index is 0.106. The summed E-state index contributed by atoms with van der Waals surface area (Å²) in [4.78, 5) is 33.7. The predicted molar refractivity (Wildman–Crippen MR) is 181 cm³/mol. The summed E-state index contributed by atoms with van der Waals surface area (Å²) in [5.41, 5.74) is 5.14. The molecule has 0 saturated heterocycles. The van der Waals surface area contributed by atoms with Gasteiger partial charge in [-0.15, -0.1) is 0 Å². The Balaban J connectivity index is 1.35. The minimum Gasteiger partial charge on any atom is -0.463 e. The lowest BCUT2D eigenvalue weighted by Crippen LogP contribution is -2.40. The van der Waals surface area contributed by atoms with E-state index < -0.39 is 12.0 Å². The topological polar surface area (TPSA) is 84.1 Å². The van der Waals surface area contributed by atoms with Crippen molar-refractivity contribution in [3.05, 3.63) is 157 Å². The molecule has 0 spiro atoms. The Hall–Kier alpha value is -5.67. The number of esters is 1. The fourth-order valence-corrected chi connectivity index (χ4v) is 7.27. The zero-order chi connectivity index (χ0) is 31.9. The highest BCUT2D eigenvalue weighted by Gasteiger charge is 2.36. The van der Waals surface area contributed by atoms with Crippen molar-refractivity contribution in [3.63, 3.8) is 0 Å². The van der Waals surface area contributed by atoms with Gasteiger partial charge in [-0.2, -0.15) is 0 Å². The van der Waals surface area contributed by atoms with Gasteiger partial charge in [0, 0.05) is 34.8 Å². The van der Waals surface area contributed by atoms with Gasteiger partial charge in [-0.25, -0.2) is 9.79 Å². The predicted octanol–water partition coefficient (Wildman–Crippen LogP) is 5.67. The molecule has 0 radical (unpaired) electrons. The Morgan fingerprint density at radius 1 is 0.957 bits per heavy atom. The molecule has 2 aliphatic heterocycles. The second kappa shape index (κ2) is 11.9. The first kappa shape index (κ1) is 28.8. The highest BCUT2D eigenvalue weighted by Crippen LogP contribution is 2.40. The summed E-state index contributed by atoms with van der Waals surface area (Å²) in [6.45, 7) is 2.74. The van der Waals surface area contributed by atoms with E-state index in [1.165, 1.54) is 16.9 Å². The molecule has 4 aromatic carbocycles. The Morgan fingerprint density at radius 2 is 1.70 bits per heavy atom. The molecule has 0 aliphatic carbocycles. The number of fused-ring (bicyclic) bond motifs is 3. The number of carbonyl (C=O) groups excluding carboxylic acids is 1. The monoisotopic (exact) mass is 639 g/mol. The standard InChI is InChI=1S/C38H29N3O5S/c1-2-44-37(43)33-34(25-13-7-4-8-14-25)39-38-41(35(33)26-17-18-30-31(19-26)46-23-45-30)36(42)32(47-38)20-27-22-40(21-24-11-5-3-6-12-24)29-16-10-9-15-28(27)29/h3-20,22,35H,2,21,23H2,1H3/b32-20-/t35-/m0/s1. The van der Waals surface area contributed by atoms with Crippen LogP contribution in [0, 0.1) is 0 Å². The number of ether oxygens (including phenoxy) is 3. The normalized spacial score (nSPS) is 15.5. The number of para-hydroxylation sites is 1. The smallest absolute Gasteiger partial charge is 0.338 e. The summed E-state index contributed by atoms with van der Waals surface area (Å²) in [6.07, 6.45) is 4.02. The Kier molecular flexibility index (Phi) is 7.30. The summed E-state index contributed by atoms with van der Waals surface area (Å²) in [5.74, 6) is 0.631. The Bertz CT molecular complexity index is 2370. The maximum Gasteiger partial charge on any atom is 0.338 e. The Labute approximate surface area is 273 Å². The number of thiazole rings is 1. The van der Waals surface area contributed by atoms with Gasteiger partial charge >= 0.3 is 5.97 Å². The van der Waals surface area contributed by atoms with Crippen LogP contribution in [-0.2, 0) is 16.1 Å². The highest BCUT2D eigenvalue weighted by atomic mass is 32.1.